The fraction of sp³-hybridized carbons (Fsp3) is 0.625. The summed E-state index contributed by atoms with van der Waals surface area (Å²) in [6.45, 7) is 11.8. The van der Waals surface area contributed by atoms with Gasteiger partial charge in [0.2, 0.25) is 11.8 Å². The first kappa shape index (κ1) is 18.0. The van der Waals surface area contributed by atoms with Crippen LogP contribution in [0.3, 0.4) is 0 Å². The standard InChI is InChI=1S/C16H24N6O2S/c1-10-12(3)25-16(17-10)19-15(23)11(2)22-7-5-21(6-8-22)9-14-18-13(4)24-20-14/h11H,5-9H2,1-4H3,(H,17,19,23). The molecular weight excluding hydrogens is 340 g/mol. The number of nitrogens with zero attached hydrogens (tertiary/aromatic N) is 5. The fourth-order valence-electron chi connectivity index (χ4n) is 2.82. The molecule has 1 amide bonds. The number of thiazole rings is 1. The Morgan fingerprint density at radius 1 is 1.24 bits per heavy atom. The number of aryl methyl sites for hydroxylation is 3. The average molecular weight is 364 g/mol. The monoisotopic (exact) mass is 364 g/mol. The van der Waals surface area contributed by atoms with Gasteiger partial charge in [-0.1, -0.05) is 5.16 Å². The van der Waals surface area contributed by atoms with Gasteiger partial charge in [-0.25, -0.2) is 4.98 Å². The highest BCUT2D eigenvalue weighted by molar-refractivity contribution is 7.15. The van der Waals surface area contributed by atoms with Gasteiger partial charge in [-0.2, -0.15) is 4.98 Å². The molecule has 0 spiro atoms. The van der Waals surface area contributed by atoms with Crippen LogP contribution >= 0.6 is 11.3 Å². The molecule has 1 saturated heterocycles. The number of rotatable bonds is 5. The highest BCUT2D eigenvalue weighted by Gasteiger charge is 2.26. The summed E-state index contributed by atoms with van der Waals surface area (Å²) in [5, 5.41) is 7.55. The van der Waals surface area contributed by atoms with Crippen molar-refractivity contribution >= 4 is 22.4 Å². The molecule has 1 atom stereocenters. The van der Waals surface area contributed by atoms with Crippen LogP contribution in [0.15, 0.2) is 4.52 Å². The molecule has 0 aliphatic carbocycles. The van der Waals surface area contributed by atoms with Gasteiger partial charge in [-0.05, 0) is 20.8 Å². The first-order valence-corrected chi connectivity index (χ1v) is 9.24. The predicted octanol–water partition coefficient (Wildman–Crippen LogP) is 1.60. The Kier molecular flexibility index (Phi) is 5.45. The molecule has 2 aromatic heterocycles. The van der Waals surface area contributed by atoms with Gasteiger partial charge >= 0.3 is 0 Å². The molecule has 1 unspecified atom stereocenters. The fourth-order valence-corrected chi connectivity index (χ4v) is 3.63. The maximum Gasteiger partial charge on any atom is 0.243 e. The molecule has 1 fully saturated rings. The molecule has 0 aromatic carbocycles. The van der Waals surface area contributed by atoms with E-state index in [0.717, 1.165) is 36.8 Å². The van der Waals surface area contributed by atoms with Crippen molar-refractivity contribution in [3.05, 3.63) is 22.3 Å². The van der Waals surface area contributed by atoms with Crippen molar-refractivity contribution in [2.24, 2.45) is 0 Å². The zero-order chi connectivity index (χ0) is 18.0. The van der Waals surface area contributed by atoms with E-state index >= 15 is 0 Å². The van der Waals surface area contributed by atoms with Gasteiger partial charge in [0.25, 0.3) is 0 Å². The van der Waals surface area contributed by atoms with E-state index in [-0.39, 0.29) is 11.9 Å². The van der Waals surface area contributed by atoms with Crippen molar-refractivity contribution in [2.45, 2.75) is 40.3 Å². The Balaban J connectivity index is 1.48. The molecule has 136 valence electrons. The first-order valence-electron chi connectivity index (χ1n) is 8.43. The van der Waals surface area contributed by atoms with Gasteiger partial charge in [0.05, 0.1) is 18.3 Å². The highest BCUT2D eigenvalue weighted by atomic mass is 32.1. The van der Waals surface area contributed by atoms with E-state index in [1.807, 2.05) is 20.8 Å². The molecule has 1 aliphatic rings. The normalized spacial score (nSPS) is 17.6. The van der Waals surface area contributed by atoms with Crippen LogP contribution < -0.4 is 5.32 Å². The molecule has 3 heterocycles. The maximum atomic E-state index is 12.5. The van der Waals surface area contributed by atoms with Crippen LogP contribution in [0.4, 0.5) is 5.13 Å². The van der Waals surface area contributed by atoms with E-state index in [1.54, 1.807) is 6.92 Å². The molecule has 1 N–H and O–H groups in total. The Bertz CT molecular complexity index is 715. The topological polar surface area (TPSA) is 87.4 Å². The first-order chi connectivity index (χ1) is 11.9. The SMILES string of the molecule is Cc1nc(CN2CCN(C(C)C(=O)Nc3nc(C)c(C)s3)CC2)no1. The summed E-state index contributed by atoms with van der Waals surface area (Å²) in [6.07, 6.45) is 0. The Morgan fingerprint density at radius 2 is 1.96 bits per heavy atom. The summed E-state index contributed by atoms with van der Waals surface area (Å²) >= 11 is 1.52. The lowest BCUT2D eigenvalue weighted by atomic mass is 10.2. The number of amides is 1. The smallest absolute Gasteiger partial charge is 0.243 e. The minimum Gasteiger partial charge on any atom is -0.340 e. The molecule has 1 aliphatic heterocycles. The van der Waals surface area contributed by atoms with E-state index in [0.29, 0.717) is 23.4 Å². The second-order valence-corrected chi connectivity index (χ2v) is 7.57. The van der Waals surface area contributed by atoms with Crippen molar-refractivity contribution in [2.75, 3.05) is 31.5 Å². The molecule has 9 heteroatoms. The average Bonchev–Trinajstić information content (AvgIpc) is 3.12. The lowest BCUT2D eigenvalue weighted by Crippen LogP contribution is -2.52. The lowest BCUT2D eigenvalue weighted by molar-refractivity contribution is -0.121. The number of hydrogen-bond donors (Lipinski definition) is 1. The van der Waals surface area contributed by atoms with Crippen molar-refractivity contribution < 1.29 is 9.32 Å². The van der Waals surface area contributed by atoms with Gasteiger partial charge in [0.15, 0.2) is 11.0 Å². The van der Waals surface area contributed by atoms with Gasteiger partial charge in [0.1, 0.15) is 0 Å². The lowest BCUT2D eigenvalue weighted by Gasteiger charge is -2.36. The summed E-state index contributed by atoms with van der Waals surface area (Å²) in [5.74, 6) is 1.30. The quantitative estimate of drug-likeness (QED) is 0.862. The van der Waals surface area contributed by atoms with Crippen LogP contribution in [-0.2, 0) is 11.3 Å². The van der Waals surface area contributed by atoms with Crippen LogP contribution in [0.2, 0.25) is 0 Å². The molecule has 3 rings (SSSR count). The van der Waals surface area contributed by atoms with E-state index in [1.165, 1.54) is 11.3 Å². The molecule has 0 saturated carbocycles. The van der Waals surface area contributed by atoms with E-state index < -0.39 is 0 Å². The summed E-state index contributed by atoms with van der Waals surface area (Å²) in [6, 6.07) is -0.181. The molecule has 2 aromatic rings. The number of piperazine rings is 1. The van der Waals surface area contributed by atoms with Crippen molar-refractivity contribution in [3.63, 3.8) is 0 Å². The van der Waals surface area contributed by atoms with E-state index in [2.05, 4.69) is 30.2 Å². The summed E-state index contributed by atoms with van der Waals surface area (Å²) in [4.78, 5) is 26.7. The van der Waals surface area contributed by atoms with Gasteiger partial charge < -0.3 is 9.84 Å². The predicted molar refractivity (Wildman–Crippen MR) is 95.6 cm³/mol. The second-order valence-electron chi connectivity index (χ2n) is 6.37. The van der Waals surface area contributed by atoms with Gasteiger partial charge in [0, 0.05) is 38.0 Å². The zero-order valence-corrected chi connectivity index (χ0v) is 15.9. The number of aromatic nitrogens is 3. The largest absolute Gasteiger partial charge is 0.340 e. The number of anilines is 1. The van der Waals surface area contributed by atoms with Crippen LogP contribution in [0.1, 0.15) is 29.2 Å². The van der Waals surface area contributed by atoms with Crippen LogP contribution in [0.25, 0.3) is 0 Å². The molecule has 25 heavy (non-hydrogen) atoms. The summed E-state index contributed by atoms with van der Waals surface area (Å²) in [7, 11) is 0. The van der Waals surface area contributed by atoms with E-state index in [9.17, 15) is 4.79 Å². The summed E-state index contributed by atoms with van der Waals surface area (Å²) in [5.41, 5.74) is 0.971. The minimum absolute atomic E-state index is 0.00371. The Hall–Kier alpha value is -1.84. The Labute approximate surface area is 151 Å². The Morgan fingerprint density at radius 3 is 2.52 bits per heavy atom. The molecule has 0 bridgehead atoms. The second kappa shape index (κ2) is 7.59. The van der Waals surface area contributed by atoms with Gasteiger partial charge in [-0.15, -0.1) is 11.3 Å². The molecular formula is C16H24N6O2S. The molecule has 8 nitrogen and oxygen atoms in total. The molecule has 0 radical (unpaired) electrons. The third-order valence-electron chi connectivity index (χ3n) is 4.53. The van der Waals surface area contributed by atoms with Crippen molar-refractivity contribution in [1.82, 2.24) is 24.9 Å². The van der Waals surface area contributed by atoms with Crippen LogP contribution in [-0.4, -0.2) is 63.1 Å². The number of hydrogen-bond acceptors (Lipinski definition) is 8. The third kappa shape index (κ3) is 4.42. The highest BCUT2D eigenvalue weighted by Crippen LogP contribution is 2.21. The van der Waals surface area contributed by atoms with Crippen LogP contribution in [0.5, 0.6) is 0 Å². The van der Waals surface area contributed by atoms with Gasteiger partial charge in [-0.3, -0.25) is 14.6 Å². The van der Waals surface area contributed by atoms with E-state index in [4.69, 9.17) is 4.52 Å². The summed E-state index contributed by atoms with van der Waals surface area (Å²) < 4.78 is 5.01. The number of carbonyl (C=O) groups excluding carboxylic acids is 1. The number of carbonyl (C=O) groups is 1. The van der Waals surface area contributed by atoms with Crippen molar-refractivity contribution in [1.29, 1.82) is 0 Å². The minimum atomic E-state index is -0.181. The van der Waals surface area contributed by atoms with Crippen LogP contribution in [0, 0.1) is 20.8 Å². The number of nitrogens with one attached hydrogen (secondary N) is 1. The zero-order valence-electron chi connectivity index (χ0n) is 15.1. The third-order valence-corrected chi connectivity index (χ3v) is 5.52. The van der Waals surface area contributed by atoms with Crippen molar-refractivity contribution in [3.8, 4) is 0 Å². The maximum absolute atomic E-state index is 12.5.